The Bertz CT molecular complexity index is 1290. The Morgan fingerprint density at radius 1 is 1.06 bits per heavy atom. The van der Waals surface area contributed by atoms with Gasteiger partial charge >= 0.3 is 0 Å². The third kappa shape index (κ3) is 4.82. The number of rotatable bonds is 8. The van der Waals surface area contributed by atoms with Gasteiger partial charge in [-0.2, -0.15) is 5.10 Å². The van der Waals surface area contributed by atoms with E-state index in [4.69, 9.17) is 4.74 Å². The van der Waals surface area contributed by atoms with Crippen LogP contribution in [0.15, 0.2) is 88.6 Å². The Balaban J connectivity index is 1.32. The van der Waals surface area contributed by atoms with Crippen LogP contribution in [0.25, 0.3) is 5.69 Å². The van der Waals surface area contributed by atoms with E-state index in [0.29, 0.717) is 17.3 Å². The quantitative estimate of drug-likeness (QED) is 0.425. The number of nitrogens with one attached hydrogen (secondary N) is 1. The summed E-state index contributed by atoms with van der Waals surface area (Å²) in [6, 6.07) is 21.0. The average molecular weight is 469 g/mol. The molecule has 4 aromatic rings. The van der Waals surface area contributed by atoms with Crippen LogP contribution in [-0.4, -0.2) is 37.8 Å². The number of nitrogens with zero attached hydrogens (tertiary/aromatic N) is 3. The Morgan fingerprint density at radius 2 is 1.81 bits per heavy atom. The Hall–Kier alpha value is -3.63. The fourth-order valence-corrected chi connectivity index (χ4v) is 5.24. The number of carbonyl (C=O) groups excluding carboxylic acids is 1. The van der Waals surface area contributed by atoms with Crippen molar-refractivity contribution in [2.75, 3.05) is 23.3 Å². The summed E-state index contributed by atoms with van der Waals surface area (Å²) in [5, 5.41) is 8.72. The second-order valence-electron chi connectivity index (χ2n) is 6.72. The summed E-state index contributed by atoms with van der Waals surface area (Å²) in [5.41, 5.74) is 1.37. The highest BCUT2D eigenvalue weighted by molar-refractivity contribution is 7.94. The fourth-order valence-electron chi connectivity index (χ4n) is 2.88. The van der Waals surface area contributed by atoms with Crippen molar-refractivity contribution < 1.29 is 17.9 Å². The number of thiophene rings is 1. The van der Waals surface area contributed by atoms with Gasteiger partial charge < -0.3 is 10.1 Å². The van der Waals surface area contributed by atoms with Crippen LogP contribution in [0.4, 0.5) is 11.5 Å². The molecule has 0 atom stereocenters. The highest BCUT2D eigenvalue weighted by Crippen LogP contribution is 2.26. The van der Waals surface area contributed by atoms with Gasteiger partial charge in [0.15, 0.2) is 12.4 Å². The zero-order chi connectivity index (χ0) is 22.6. The van der Waals surface area contributed by atoms with Crippen LogP contribution in [0.5, 0.6) is 5.75 Å². The molecule has 0 aliphatic carbocycles. The van der Waals surface area contributed by atoms with Gasteiger partial charge in [-0.1, -0.05) is 24.3 Å². The number of amides is 1. The predicted molar refractivity (Wildman–Crippen MR) is 124 cm³/mol. The number of anilines is 2. The number of hydrogen-bond acceptors (Lipinski definition) is 6. The van der Waals surface area contributed by atoms with Crippen molar-refractivity contribution in [1.82, 2.24) is 9.78 Å². The van der Waals surface area contributed by atoms with E-state index >= 15 is 0 Å². The number of carbonyl (C=O) groups is 1. The Labute approximate surface area is 189 Å². The summed E-state index contributed by atoms with van der Waals surface area (Å²) in [6.07, 6.45) is 1.76. The molecule has 1 amide bonds. The molecule has 0 aliphatic rings. The van der Waals surface area contributed by atoms with Crippen LogP contribution < -0.4 is 14.4 Å². The lowest BCUT2D eigenvalue weighted by molar-refractivity contribution is -0.118. The maximum absolute atomic E-state index is 12.6. The molecule has 0 saturated heterocycles. The van der Waals surface area contributed by atoms with Gasteiger partial charge in [0.25, 0.3) is 15.9 Å². The SMILES string of the molecule is CN(c1ccc(OCC(=O)Nc2ccn(-c3ccccc3)n2)cc1)S(=O)(=O)c1cccs1. The molecule has 164 valence electrons. The zero-order valence-electron chi connectivity index (χ0n) is 17.1. The van der Waals surface area contributed by atoms with E-state index in [1.807, 2.05) is 30.3 Å². The van der Waals surface area contributed by atoms with E-state index in [9.17, 15) is 13.2 Å². The Kier molecular flexibility index (Phi) is 6.24. The second-order valence-corrected chi connectivity index (χ2v) is 9.86. The van der Waals surface area contributed by atoms with Crippen molar-refractivity contribution in [2.45, 2.75) is 4.21 Å². The number of hydrogen-bond donors (Lipinski definition) is 1. The lowest BCUT2D eigenvalue weighted by atomic mass is 10.3. The number of sulfonamides is 1. The van der Waals surface area contributed by atoms with E-state index in [2.05, 4.69) is 10.4 Å². The van der Waals surface area contributed by atoms with Crippen molar-refractivity contribution in [1.29, 1.82) is 0 Å². The third-order valence-corrected chi connectivity index (χ3v) is 7.72. The van der Waals surface area contributed by atoms with E-state index in [0.717, 1.165) is 17.0 Å². The van der Waals surface area contributed by atoms with E-state index in [1.54, 1.807) is 58.7 Å². The topological polar surface area (TPSA) is 93.5 Å². The molecule has 0 bridgehead atoms. The monoisotopic (exact) mass is 468 g/mol. The van der Waals surface area contributed by atoms with Gasteiger partial charge in [-0.25, -0.2) is 13.1 Å². The summed E-state index contributed by atoms with van der Waals surface area (Å²) < 4.78 is 33.9. The molecular weight excluding hydrogens is 448 g/mol. The highest BCUT2D eigenvalue weighted by Gasteiger charge is 2.22. The maximum Gasteiger partial charge on any atom is 0.273 e. The number of aromatic nitrogens is 2. The first-order valence-electron chi connectivity index (χ1n) is 9.60. The molecule has 0 radical (unpaired) electrons. The van der Waals surface area contributed by atoms with Crippen molar-refractivity contribution in [3.8, 4) is 11.4 Å². The number of benzene rings is 2. The van der Waals surface area contributed by atoms with Gasteiger partial charge in [0.1, 0.15) is 9.96 Å². The van der Waals surface area contributed by atoms with E-state index in [-0.39, 0.29) is 16.7 Å². The van der Waals surface area contributed by atoms with Gasteiger partial charge in [-0.05, 0) is 47.8 Å². The standard InChI is InChI=1S/C22H20N4O4S2/c1-25(32(28,29)22-8-5-15-31-22)17-9-11-19(12-10-17)30-16-21(27)23-20-13-14-26(24-20)18-6-3-2-4-7-18/h2-15H,16H2,1H3,(H,23,24,27). The normalized spacial score (nSPS) is 11.2. The molecule has 0 unspecified atom stereocenters. The third-order valence-electron chi connectivity index (χ3n) is 4.56. The lowest BCUT2D eigenvalue weighted by Crippen LogP contribution is -2.25. The maximum atomic E-state index is 12.6. The van der Waals surface area contributed by atoms with E-state index in [1.165, 1.54) is 11.4 Å². The lowest BCUT2D eigenvalue weighted by Gasteiger charge is -2.18. The van der Waals surface area contributed by atoms with Crippen LogP contribution in [0.3, 0.4) is 0 Å². The average Bonchev–Trinajstić information content (AvgIpc) is 3.51. The number of para-hydroxylation sites is 1. The molecule has 0 aliphatic heterocycles. The van der Waals surface area contributed by atoms with Gasteiger partial charge in [0.2, 0.25) is 0 Å². The minimum Gasteiger partial charge on any atom is -0.484 e. The Morgan fingerprint density at radius 3 is 2.50 bits per heavy atom. The van der Waals surface area contributed by atoms with Crippen LogP contribution in [-0.2, 0) is 14.8 Å². The minimum atomic E-state index is -3.60. The fraction of sp³-hybridized carbons (Fsp3) is 0.0909. The molecule has 2 aromatic heterocycles. The van der Waals surface area contributed by atoms with Crippen LogP contribution in [0.1, 0.15) is 0 Å². The van der Waals surface area contributed by atoms with Crippen molar-refractivity contribution in [2.24, 2.45) is 0 Å². The van der Waals surface area contributed by atoms with Gasteiger partial charge in [-0.15, -0.1) is 11.3 Å². The summed E-state index contributed by atoms with van der Waals surface area (Å²) in [7, 11) is -2.11. The van der Waals surface area contributed by atoms with E-state index < -0.39 is 10.0 Å². The number of ether oxygens (including phenoxy) is 1. The largest absolute Gasteiger partial charge is 0.484 e. The van der Waals surface area contributed by atoms with Gasteiger partial charge in [0.05, 0.1) is 11.4 Å². The summed E-state index contributed by atoms with van der Waals surface area (Å²) in [5.74, 6) is 0.503. The molecule has 10 heteroatoms. The first kappa shape index (κ1) is 21.6. The predicted octanol–water partition coefficient (Wildman–Crippen LogP) is 3.78. The van der Waals surface area contributed by atoms with Crippen LogP contribution >= 0.6 is 11.3 Å². The smallest absolute Gasteiger partial charge is 0.273 e. The molecular formula is C22H20N4O4S2. The highest BCUT2D eigenvalue weighted by atomic mass is 32.2. The molecule has 2 aromatic carbocycles. The summed E-state index contributed by atoms with van der Waals surface area (Å²) >= 11 is 1.16. The molecule has 0 saturated carbocycles. The summed E-state index contributed by atoms with van der Waals surface area (Å²) in [6.45, 7) is -0.207. The zero-order valence-corrected chi connectivity index (χ0v) is 18.7. The van der Waals surface area contributed by atoms with Crippen molar-refractivity contribution >= 4 is 38.8 Å². The van der Waals surface area contributed by atoms with Crippen LogP contribution in [0, 0.1) is 0 Å². The van der Waals surface area contributed by atoms with Gasteiger partial charge in [0, 0.05) is 19.3 Å². The molecule has 4 rings (SSSR count). The first-order valence-corrected chi connectivity index (χ1v) is 11.9. The minimum absolute atomic E-state index is 0.207. The van der Waals surface area contributed by atoms with Crippen molar-refractivity contribution in [3.05, 3.63) is 84.4 Å². The molecule has 1 N–H and O–H groups in total. The first-order chi connectivity index (χ1) is 15.4. The molecule has 0 spiro atoms. The molecule has 32 heavy (non-hydrogen) atoms. The molecule has 8 nitrogen and oxygen atoms in total. The van der Waals surface area contributed by atoms with Crippen LogP contribution in [0.2, 0.25) is 0 Å². The molecule has 0 fully saturated rings. The van der Waals surface area contributed by atoms with Crippen molar-refractivity contribution in [3.63, 3.8) is 0 Å². The summed E-state index contributed by atoms with van der Waals surface area (Å²) in [4.78, 5) is 12.2. The molecule has 2 heterocycles. The van der Waals surface area contributed by atoms with Gasteiger partial charge in [-0.3, -0.25) is 9.10 Å². The second kappa shape index (κ2) is 9.25.